The van der Waals surface area contributed by atoms with Crippen molar-refractivity contribution in [2.24, 2.45) is 0 Å². The van der Waals surface area contributed by atoms with E-state index in [0.29, 0.717) is 19.1 Å². The summed E-state index contributed by atoms with van der Waals surface area (Å²) in [6, 6.07) is 10.2. The fraction of sp³-hybridized carbons (Fsp3) is 0.471. The Morgan fingerprint density at radius 3 is 2.86 bits per heavy atom. The van der Waals surface area contributed by atoms with Crippen LogP contribution >= 0.6 is 0 Å². The van der Waals surface area contributed by atoms with Crippen molar-refractivity contribution in [3.63, 3.8) is 0 Å². The molecule has 0 radical (unpaired) electrons. The van der Waals surface area contributed by atoms with Crippen LogP contribution in [-0.2, 0) is 17.8 Å². The molecule has 4 nitrogen and oxygen atoms in total. The first-order valence-electron chi connectivity index (χ1n) is 7.44. The van der Waals surface area contributed by atoms with Gasteiger partial charge in [-0.15, -0.1) is 0 Å². The van der Waals surface area contributed by atoms with Crippen molar-refractivity contribution >= 4 is 0 Å². The van der Waals surface area contributed by atoms with Crippen molar-refractivity contribution in [3.8, 4) is 0 Å². The molecule has 0 aliphatic heterocycles. The molecule has 0 aliphatic carbocycles. The monoisotopic (exact) mass is 288 g/mol. The lowest BCUT2D eigenvalue weighted by Crippen LogP contribution is -2.07. The Bertz CT molecular complexity index is 565. The van der Waals surface area contributed by atoms with Gasteiger partial charge in [0.05, 0.1) is 18.4 Å². The van der Waals surface area contributed by atoms with Crippen LogP contribution in [0.4, 0.5) is 0 Å². The Balaban J connectivity index is 2.05. The van der Waals surface area contributed by atoms with Gasteiger partial charge in [-0.1, -0.05) is 31.2 Å². The Morgan fingerprint density at radius 2 is 2.14 bits per heavy atom. The predicted octanol–water partition coefficient (Wildman–Crippen LogP) is 3.28. The third kappa shape index (κ3) is 4.16. The van der Waals surface area contributed by atoms with Crippen molar-refractivity contribution in [2.75, 3.05) is 7.11 Å². The molecule has 21 heavy (non-hydrogen) atoms. The number of aliphatic hydroxyl groups excluding tert-OH is 1. The van der Waals surface area contributed by atoms with E-state index in [1.165, 1.54) is 0 Å². The SMILES string of the molecule is CCC(C)n1ccc(CC(O)c2cccc(COC)c2)n1. The quantitative estimate of drug-likeness (QED) is 0.850. The van der Waals surface area contributed by atoms with Gasteiger partial charge in [0.25, 0.3) is 0 Å². The number of nitrogens with zero attached hydrogens (tertiary/aromatic N) is 2. The molecule has 1 N–H and O–H groups in total. The molecule has 2 atom stereocenters. The van der Waals surface area contributed by atoms with Crippen LogP contribution in [-0.4, -0.2) is 22.0 Å². The van der Waals surface area contributed by atoms with Crippen LogP contribution in [0.2, 0.25) is 0 Å². The lowest BCUT2D eigenvalue weighted by molar-refractivity contribution is 0.174. The first-order valence-corrected chi connectivity index (χ1v) is 7.44. The van der Waals surface area contributed by atoms with Crippen LogP contribution in [0.1, 0.15) is 49.2 Å². The summed E-state index contributed by atoms with van der Waals surface area (Å²) in [5.41, 5.74) is 2.89. The topological polar surface area (TPSA) is 47.3 Å². The second-order valence-electron chi connectivity index (χ2n) is 5.44. The molecule has 114 valence electrons. The average Bonchev–Trinajstić information content (AvgIpc) is 2.95. The third-order valence-corrected chi connectivity index (χ3v) is 3.76. The molecule has 1 heterocycles. The molecule has 1 aromatic heterocycles. The molecular weight excluding hydrogens is 264 g/mol. The number of methoxy groups -OCH3 is 1. The lowest BCUT2D eigenvalue weighted by atomic mass is 10.0. The van der Waals surface area contributed by atoms with E-state index in [4.69, 9.17) is 4.74 Å². The van der Waals surface area contributed by atoms with Gasteiger partial charge in [-0.05, 0) is 30.5 Å². The fourth-order valence-electron chi connectivity index (χ4n) is 2.29. The number of ether oxygens (including phenoxy) is 1. The Kier molecular flexibility index (Phi) is 5.53. The van der Waals surface area contributed by atoms with E-state index >= 15 is 0 Å². The molecule has 4 heteroatoms. The zero-order chi connectivity index (χ0) is 15.2. The minimum absolute atomic E-state index is 0.390. The highest BCUT2D eigenvalue weighted by Gasteiger charge is 2.12. The van der Waals surface area contributed by atoms with E-state index in [-0.39, 0.29) is 0 Å². The van der Waals surface area contributed by atoms with Crippen LogP contribution in [0.3, 0.4) is 0 Å². The molecule has 2 unspecified atom stereocenters. The zero-order valence-electron chi connectivity index (χ0n) is 13.0. The van der Waals surface area contributed by atoms with Crippen molar-refractivity contribution in [2.45, 2.75) is 45.4 Å². The molecule has 0 amide bonds. The van der Waals surface area contributed by atoms with Crippen LogP contribution in [0.25, 0.3) is 0 Å². The maximum Gasteiger partial charge on any atom is 0.0846 e. The van der Waals surface area contributed by atoms with E-state index in [2.05, 4.69) is 18.9 Å². The summed E-state index contributed by atoms with van der Waals surface area (Å²) in [6.45, 7) is 4.84. The van der Waals surface area contributed by atoms with Gasteiger partial charge in [0.2, 0.25) is 0 Å². The van der Waals surface area contributed by atoms with Gasteiger partial charge >= 0.3 is 0 Å². The van der Waals surface area contributed by atoms with Gasteiger partial charge in [0.1, 0.15) is 0 Å². The van der Waals surface area contributed by atoms with Crippen molar-refractivity contribution in [3.05, 3.63) is 53.3 Å². The highest BCUT2D eigenvalue weighted by molar-refractivity contribution is 5.25. The summed E-state index contributed by atoms with van der Waals surface area (Å²) in [6.07, 6.45) is 3.02. The minimum atomic E-state index is -0.540. The molecular formula is C17H24N2O2. The number of rotatable bonds is 7. The second kappa shape index (κ2) is 7.38. The molecule has 2 rings (SSSR count). The molecule has 1 aromatic carbocycles. The number of aliphatic hydroxyl groups is 1. The van der Waals surface area contributed by atoms with E-state index < -0.39 is 6.10 Å². The smallest absolute Gasteiger partial charge is 0.0846 e. The van der Waals surface area contributed by atoms with E-state index in [1.54, 1.807) is 7.11 Å². The lowest BCUT2D eigenvalue weighted by Gasteiger charge is -2.12. The molecule has 0 aliphatic rings. The number of benzene rings is 1. The normalized spacial score (nSPS) is 14.1. The Morgan fingerprint density at radius 1 is 1.33 bits per heavy atom. The van der Waals surface area contributed by atoms with Gasteiger partial charge in [-0.3, -0.25) is 4.68 Å². The van der Waals surface area contributed by atoms with Crippen molar-refractivity contribution in [1.29, 1.82) is 0 Å². The van der Waals surface area contributed by atoms with Gasteiger partial charge in [-0.25, -0.2) is 0 Å². The van der Waals surface area contributed by atoms with Gasteiger partial charge in [0.15, 0.2) is 0 Å². The van der Waals surface area contributed by atoms with E-state index in [9.17, 15) is 5.11 Å². The van der Waals surface area contributed by atoms with Gasteiger partial charge in [0, 0.05) is 25.8 Å². The van der Waals surface area contributed by atoms with E-state index in [1.807, 2.05) is 41.2 Å². The Labute approximate surface area is 126 Å². The number of hydrogen-bond donors (Lipinski definition) is 1. The molecule has 2 aromatic rings. The maximum atomic E-state index is 10.4. The first-order chi connectivity index (χ1) is 10.1. The number of hydrogen-bond acceptors (Lipinski definition) is 3. The molecule has 0 bridgehead atoms. The Hall–Kier alpha value is -1.65. The van der Waals surface area contributed by atoms with Crippen LogP contribution in [0.15, 0.2) is 36.5 Å². The summed E-state index contributed by atoms with van der Waals surface area (Å²) in [5, 5.41) is 14.9. The molecule has 0 saturated carbocycles. The predicted molar refractivity (Wildman–Crippen MR) is 83.0 cm³/mol. The number of aromatic nitrogens is 2. The standard InChI is InChI=1S/C17H24N2O2/c1-4-13(2)19-9-8-16(18-19)11-17(20)15-7-5-6-14(10-15)12-21-3/h5-10,13,17,20H,4,11-12H2,1-3H3. The van der Waals surface area contributed by atoms with Crippen molar-refractivity contribution < 1.29 is 9.84 Å². The largest absolute Gasteiger partial charge is 0.388 e. The van der Waals surface area contributed by atoms with Crippen LogP contribution in [0.5, 0.6) is 0 Å². The fourth-order valence-corrected chi connectivity index (χ4v) is 2.29. The summed E-state index contributed by atoms with van der Waals surface area (Å²) < 4.78 is 7.09. The van der Waals surface area contributed by atoms with Crippen LogP contribution in [0, 0.1) is 0 Å². The van der Waals surface area contributed by atoms with Gasteiger partial charge < -0.3 is 9.84 Å². The van der Waals surface area contributed by atoms with Crippen molar-refractivity contribution in [1.82, 2.24) is 9.78 Å². The maximum absolute atomic E-state index is 10.4. The minimum Gasteiger partial charge on any atom is -0.388 e. The first kappa shape index (κ1) is 15.7. The summed E-state index contributed by atoms with van der Waals surface area (Å²) >= 11 is 0. The highest BCUT2D eigenvalue weighted by atomic mass is 16.5. The third-order valence-electron chi connectivity index (χ3n) is 3.76. The van der Waals surface area contributed by atoms with Gasteiger partial charge in [-0.2, -0.15) is 5.10 Å². The summed E-state index contributed by atoms with van der Waals surface area (Å²) in [7, 11) is 1.67. The average molecular weight is 288 g/mol. The summed E-state index contributed by atoms with van der Waals surface area (Å²) in [4.78, 5) is 0. The van der Waals surface area contributed by atoms with Crippen LogP contribution < -0.4 is 0 Å². The molecule has 0 fully saturated rings. The highest BCUT2D eigenvalue weighted by Crippen LogP contribution is 2.20. The molecule has 0 spiro atoms. The molecule has 0 saturated heterocycles. The summed E-state index contributed by atoms with van der Waals surface area (Å²) in [5.74, 6) is 0. The second-order valence-corrected chi connectivity index (χ2v) is 5.44. The van der Waals surface area contributed by atoms with E-state index in [0.717, 1.165) is 23.2 Å². The zero-order valence-corrected chi connectivity index (χ0v) is 13.0.